The van der Waals surface area contributed by atoms with Gasteiger partial charge in [0.2, 0.25) is 0 Å². The van der Waals surface area contributed by atoms with Crippen molar-refractivity contribution in [3.8, 4) is 0 Å². The smallest absolute Gasteiger partial charge is 0.137 e. The van der Waals surface area contributed by atoms with Crippen molar-refractivity contribution in [3.63, 3.8) is 0 Å². The van der Waals surface area contributed by atoms with Crippen LogP contribution >= 0.6 is 0 Å². The van der Waals surface area contributed by atoms with Gasteiger partial charge in [0.25, 0.3) is 0 Å². The summed E-state index contributed by atoms with van der Waals surface area (Å²) >= 11 is 0. The third-order valence-corrected chi connectivity index (χ3v) is 1.55. The Morgan fingerprint density at radius 3 is 2.00 bits per heavy atom. The van der Waals surface area contributed by atoms with Crippen molar-refractivity contribution in [2.45, 2.75) is 33.0 Å². The van der Waals surface area contributed by atoms with Gasteiger partial charge in [-0.1, -0.05) is 26.8 Å². The lowest BCUT2D eigenvalue weighted by Crippen LogP contribution is -2.37. The maximum Gasteiger partial charge on any atom is 0.137 e. The van der Waals surface area contributed by atoms with Crippen LogP contribution in [0.2, 0.25) is 0 Å². The van der Waals surface area contributed by atoms with E-state index in [-0.39, 0.29) is 5.41 Å². The van der Waals surface area contributed by atoms with Gasteiger partial charge in [-0.15, -0.1) is 6.58 Å². The quantitative estimate of drug-likeness (QED) is 0.373. The van der Waals surface area contributed by atoms with Crippen molar-refractivity contribution in [2.75, 3.05) is 0 Å². The number of aliphatic hydroxyl groups is 1. The van der Waals surface area contributed by atoms with Gasteiger partial charge < -0.3 is 5.11 Å². The molecule has 0 aromatic rings. The van der Waals surface area contributed by atoms with E-state index in [2.05, 4.69) is 11.5 Å². The Morgan fingerprint density at radius 1 is 1.45 bits per heavy atom. The monoisotopic (exact) mass is 160 g/mol. The number of rotatable bonds is 3. The van der Waals surface area contributed by atoms with Crippen LogP contribution in [0, 0.1) is 5.41 Å². The topological polar surface area (TPSA) is 49.7 Å². The average molecular weight is 160 g/mol. The van der Waals surface area contributed by atoms with E-state index in [0.29, 0.717) is 0 Å². The van der Waals surface area contributed by atoms with Crippen molar-refractivity contribution < 1.29 is 15.3 Å². The highest BCUT2D eigenvalue weighted by Gasteiger charge is 2.29. The van der Waals surface area contributed by atoms with Crippen LogP contribution in [0.5, 0.6) is 0 Å². The van der Waals surface area contributed by atoms with Crippen LogP contribution in [-0.4, -0.2) is 22.6 Å². The zero-order chi connectivity index (χ0) is 9.07. The minimum absolute atomic E-state index is 0.318. The fourth-order valence-electron chi connectivity index (χ4n) is 0.722. The van der Waals surface area contributed by atoms with Gasteiger partial charge in [0, 0.05) is 0 Å². The molecule has 0 heterocycles. The van der Waals surface area contributed by atoms with E-state index in [1.54, 1.807) is 0 Å². The fraction of sp³-hybridized carbons (Fsp3) is 0.750. The first-order valence-corrected chi connectivity index (χ1v) is 3.54. The average Bonchev–Trinajstić information content (AvgIpc) is 1.88. The summed E-state index contributed by atoms with van der Waals surface area (Å²) in [5.74, 6) is 0. The minimum atomic E-state index is -0.745. The number of hydrogen-bond acceptors (Lipinski definition) is 3. The zero-order valence-electron chi connectivity index (χ0n) is 7.24. The summed E-state index contributed by atoms with van der Waals surface area (Å²) in [6.07, 6.45) is -0.0874. The first-order chi connectivity index (χ1) is 4.93. The molecule has 0 aromatic heterocycles. The Kier molecular flexibility index (Phi) is 3.72. The normalized spacial score (nSPS) is 17.5. The molecule has 3 nitrogen and oxygen atoms in total. The molecule has 0 aliphatic rings. The Hall–Kier alpha value is -0.380. The molecular weight excluding hydrogens is 144 g/mol. The molecule has 11 heavy (non-hydrogen) atoms. The van der Waals surface area contributed by atoms with Crippen LogP contribution in [-0.2, 0) is 4.89 Å². The zero-order valence-corrected chi connectivity index (χ0v) is 7.24. The molecule has 0 aromatic carbocycles. The molecule has 0 radical (unpaired) electrons. The van der Waals surface area contributed by atoms with Crippen molar-refractivity contribution in [3.05, 3.63) is 12.7 Å². The Bertz CT molecular complexity index is 126. The summed E-state index contributed by atoms with van der Waals surface area (Å²) in [6.45, 7) is 8.98. The molecule has 0 aliphatic heterocycles. The molecule has 0 spiro atoms. The maximum absolute atomic E-state index is 9.49. The van der Waals surface area contributed by atoms with Gasteiger partial charge in [-0.05, 0) is 5.41 Å². The van der Waals surface area contributed by atoms with E-state index in [1.165, 1.54) is 6.08 Å². The molecule has 2 atom stereocenters. The Morgan fingerprint density at radius 2 is 1.91 bits per heavy atom. The summed E-state index contributed by atoms with van der Waals surface area (Å²) in [5, 5.41) is 17.8. The van der Waals surface area contributed by atoms with E-state index in [4.69, 9.17) is 5.26 Å². The van der Waals surface area contributed by atoms with Gasteiger partial charge in [-0.3, -0.25) is 5.26 Å². The summed E-state index contributed by atoms with van der Waals surface area (Å²) in [5.41, 5.74) is -0.318. The first-order valence-electron chi connectivity index (χ1n) is 3.54. The van der Waals surface area contributed by atoms with Crippen molar-refractivity contribution in [1.29, 1.82) is 0 Å². The summed E-state index contributed by atoms with van der Waals surface area (Å²) < 4.78 is 0. The van der Waals surface area contributed by atoms with E-state index in [0.717, 1.165) is 0 Å². The molecule has 0 fully saturated rings. The standard InChI is InChI=1S/C8H16O3/c1-5-6(11-10)7(9)8(2,3)4/h5-7,9-10H,1H2,2-4H3/t6-,7+/m0/s1. The van der Waals surface area contributed by atoms with Gasteiger partial charge in [0.15, 0.2) is 0 Å². The molecular formula is C8H16O3. The van der Waals surface area contributed by atoms with Crippen LogP contribution < -0.4 is 0 Å². The molecule has 0 rings (SSSR count). The molecule has 0 amide bonds. The van der Waals surface area contributed by atoms with E-state index in [9.17, 15) is 5.11 Å². The highest BCUT2D eigenvalue weighted by molar-refractivity contribution is 4.90. The summed E-state index contributed by atoms with van der Waals surface area (Å²) in [4.78, 5) is 4.02. The molecule has 0 bridgehead atoms. The van der Waals surface area contributed by atoms with E-state index < -0.39 is 12.2 Å². The molecule has 0 aliphatic carbocycles. The van der Waals surface area contributed by atoms with Crippen LogP contribution in [0.15, 0.2) is 12.7 Å². The van der Waals surface area contributed by atoms with Gasteiger partial charge in [-0.2, -0.15) is 0 Å². The predicted octanol–water partition coefficient (Wildman–Crippen LogP) is 1.44. The second kappa shape index (κ2) is 3.85. The van der Waals surface area contributed by atoms with Crippen LogP contribution in [0.4, 0.5) is 0 Å². The van der Waals surface area contributed by atoms with Crippen LogP contribution in [0.25, 0.3) is 0 Å². The van der Waals surface area contributed by atoms with Crippen molar-refractivity contribution in [2.24, 2.45) is 5.41 Å². The van der Waals surface area contributed by atoms with Gasteiger partial charge in [0.1, 0.15) is 6.10 Å². The van der Waals surface area contributed by atoms with Crippen LogP contribution in [0.1, 0.15) is 20.8 Å². The lowest BCUT2D eigenvalue weighted by molar-refractivity contribution is -0.290. The van der Waals surface area contributed by atoms with Gasteiger partial charge in [-0.25, -0.2) is 4.89 Å². The number of aliphatic hydroxyl groups excluding tert-OH is 1. The highest BCUT2D eigenvalue weighted by Crippen LogP contribution is 2.23. The Labute approximate surface area is 67.2 Å². The molecule has 0 saturated heterocycles. The second-order valence-corrected chi connectivity index (χ2v) is 3.62. The molecule has 66 valence electrons. The van der Waals surface area contributed by atoms with E-state index in [1.807, 2.05) is 20.8 Å². The lowest BCUT2D eigenvalue weighted by atomic mass is 9.86. The third-order valence-electron chi connectivity index (χ3n) is 1.55. The van der Waals surface area contributed by atoms with Crippen molar-refractivity contribution >= 4 is 0 Å². The number of hydrogen-bond donors (Lipinski definition) is 2. The third kappa shape index (κ3) is 3.01. The first kappa shape index (κ1) is 10.6. The lowest BCUT2D eigenvalue weighted by Gasteiger charge is -2.29. The van der Waals surface area contributed by atoms with Crippen molar-refractivity contribution in [1.82, 2.24) is 0 Å². The second-order valence-electron chi connectivity index (χ2n) is 3.62. The van der Waals surface area contributed by atoms with Crippen LogP contribution in [0.3, 0.4) is 0 Å². The predicted molar refractivity (Wildman–Crippen MR) is 43.2 cm³/mol. The molecule has 2 N–H and O–H groups in total. The van der Waals surface area contributed by atoms with Gasteiger partial charge >= 0.3 is 0 Å². The molecule has 0 unspecified atom stereocenters. The fourth-order valence-corrected chi connectivity index (χ4v) is 0.722. The Balaban J connectivity index is 4.20. The minimum Gasteiger partial charge on any atom is -0.389 e. The largest absolute Gasteiger partial charge is 0.389 e. The molecule has 0 saturated carbocycles. The van der Waals surface area contributed by atoms with E-state index >= 15 is 0 Å². The molecule has 3 heteroatoms. The van der Waals surface area contributed by atoms with Gasteiger partial charge in [0.05, 0.1) is 6.10 Å². The SMILES string of the molecule is C=C[C@H](OO)[C@@H](O)C(C)(C)C. The highest BCUT2D eigenvalue weighted by atomic mass is 17.1. The summed E-state index contributed by atoms with van der Waals surface area (Å²) in [7, 11) is 0. The summed E-state index contributed by atoms with van der Waals surface area (Å²) in [6, 6.07) is 0. The maximum atomic E-state index is 9.49.